The molecule has 0 aliphatic carbocycles. The van der Waals surface area contributed by atoms with Gasteiger partial charge in [-0.15, -0.1) is 0 Å². The Labute approximate surface area is 106 Å². The molecule has 1 aromatic rings. The van der Waals surface area contributed by atoms with Crippen molar-refractivity contribution in [1.29, 1.82) is 0 Å². The van der Waals surface area contributed by atoms with Crippen molar-refractivity contribution in [3.05, 3.63) is 30.3 Å². The Balaban J connectivity index is 2.30. The van der Waals surface area contributed by atoms with Crippen LogP contribution in [0.15, 0.2) is 35.2 Å². The molecule has 0 bridgehead atoms. The van der Waals surface area contributed by atoms with Gasteiger partial charge in [-0.3, -0.25) is 0 Å². The second-order valence-corrected chi connectivity index (χ2v) is 6.64. The molecule has 92 valence electrons. The summed E-state index contributed by atoms with van der Waals surface area (Å²) in [6, 6.07) is 8.50. The number of hydrogen-bond acceptors (Lipinski definition) is 3. The van der Waals surface area contributed by atoms with Gasteiger partial charge in [-0.1, -0.05) is 18.2 Å². The third-order valence-electron chi connectivity index (χ3n) is 2.68. The molecule has 1 aromatic carbocycles. The first-order valence-electron chi connectivity index (χ1n) is 5.36. The molecule has 0 aromatic heterocycles. The Bertz CT molecular complexity index is 514. The van der Waals surface area contributed by atoms with Crippen molar-refractivity contribution in [2.24, 2.45) is 0 Å². The zero-order chi connectivity index (χ0) is 12.5. The molecule has 17 heavy (non-hydrogen) atoms. The van der Waals surface area contributed by atoms with E-state index in [2.05, 4.69) is 10.6 Å². The fourth-order valence-electron chi connectivity index (χ4n) is 1.83. The quantitative estimate of drug-likeness (QED) is 0.787. The van der Waals surface area contributed by atoms with Crippen LogP contribution in [-0.2, 0) is 9.84 Å². The fourth-order valence-corrected chi connectivity index (χ4v) is 3.93. The summed E-state index contributed by atoms with van der Waals surface area (Å²) in [4.78, 5) is 0.328. The van der Waals surface area contributed by atoms with E-state index in [0.717, 1.165) is 0 Å². The Morgan fingerprint density at radius 2 is 1.88 bits per heavy atom. The second kappa shape index (κ2) is 4.62. The van der Waals surface area contributed by atoms with Crippen LogP contribution in [0.2, 0.25) is 0 Å². The van der Waals surface area contributed by atoms with Gasteiger partial charge >= 0.3 is 0 Å². The van der Waals surface area contributed by atoms with Crippen LogP contribution in [0.1, 0.15) is 13.3 Å². The summed E-state index contributed by atoms with van der Waals surface area (Å²) in [6.45, 7) is 1.92. The first-order chi connectivity index (χ1) is 8.00. The number of hydrogen-bond donors (Lipinski definition) is 2. The van der Waals surface area contributed by atoms with Crippen molar-refractivity contribution in [3.8, 4) is 0 Å². The first kappa shape index (κ1) is 12.3. The van der Waals surface area contributed by atoms with Crippen LogP contribution in [0.25, 0.3) is 0 Å². The molecule has 1 fully saturated rings. The first-order valence-corrected chi connectivity index (χ1v) is 7.31. The molecule has 1 heterocycles. The molecular weight excluding hydrogens is 256 g/mol. The van der Waals surface area contributed by atoms with Crippen molar-refractivity contribution in [1.82, 2.24) is 10.6 Å². The van der Waals surface area contributed by atoms with Crippen LogP contribution in [-0.4, -0.2) is 24.9 Å². The summed E-state index contributed by atoms with van der Waals surface area (Å²) in [5.41, 5.74) is 0. The van der Waals surface area contributed by atoms with Crippen molar-refractivity contribution in [2.75, 3.05) is 0 Å². The van der Waals surface area contributed by atoms with E-state index in [-0.39, 0.29) is 6.04 Å². The van der Waals surface area contributed by atoms with Gasteiger partial charge in [-0.05, 0) is 31.3 Å². The summed E-state index contributed by atoms with van der Waals surface area (Å²) >= 11 is 4.99. The van der Waals surface area contributed by atoms with Gasteiger partial charge in [0.2, 0.25) is 0 Å². The maximum atomic E-state index is 12.3. The Morgan fingerprint density at radius 3 is 2.47 bits per heavy atom. The lowest BCUT2D eigenvalue weighted by Gasteiger charge is -2.30. The van der Waals surface area contributed by atoms with E-state index in [1.165, 1.54) is 0 Å². The molecular formula is C11H14N2O2S2. The molecule has 1 aliphatic rings. The van der Waals surface area contributed by atoms with Crippen LogP contribution in [0.3, 0.4) is 0 Å². The lowest BCUT2D eigenvalue weighted by atomic mass is 10.2. The highest BCUT2D eigenvalue weighted by atomic mass is 32.2. The Hall–Kier alpha value is -1.14. The van der Waals surface area contributed by atoms with Gasteiger partial charge in [0.1, 0.15) is 5.37 Å². The number of sulfone groups is 1. The average molecular weight is 270 g/mol. The van der Waals surface area contributed by atoms with Crippen LogP contribution in [0.5, 0.6) is 0 Å². The minimum Gasteiger partial charge on any atom is -0.360 e. The molecule has 1 aliphatic heterocycles. The van der Waals surface area contributed by atoms with E-state index in [9.17, 15) is 8.42 Å². The molecule has 0 amide bonds. The second-order valence-electron chi connectivity index (χ2n) is 4.10. The number of thiocarbonyl (C=S) groups is 1. The summed E-state index contributed by atoms with van der Waals surface area (Å²) in [5, 5.41) is 5.56. The lowest BCUT2D eigenvalue weighted by Crippen LogP contribution is -2.55. The Morgan fingerprint density at radius 1 is 1.24 bits per heavy atom. The highest BCUT2D eigenvalue weighted by Gasteiger charge is 2.32. The van der Waals surface area contributed by atoms with Crippen LogP contribution >= 0.6 is 12.2 Å². The molecule has 2 atom stereocenters. The number of rotatable bonds is 2. The fraction of sp³-hybridized carbons (Fsp3) is 0.364. The molecule has 6 heteroatoms. The maximum Gasteiger partial charge on any atom is 0.199 e. The number of benzene rings is 1. The molecule has 2 N–H and O–H groups in total. The van der Waals surface area contributed by atoms with Crippen molar-refractivity contribution in [3.63, 3.8) is 0 Å². The van der Waals surface area contributed by atoms with Crippen molar-refractivity contribution < 1.29 is 8.42 Å². The van der Waals surface area contributed by atoms with Gasteiger partial charge in [-0.2, -0.15) is 0 Å². The third-order valence-corrected chi connectivity index (χ3v) is 4.91. The SMILES string of the molecule is CC1CC(S(=O)(=O)c2ccccc2)NC(=S)N1. The van der Waals surface area contributed by atoms with E-state index in [1.54, 1.807) is 30.3 Å². The normalized spacial score (nSPS) is 24.9. The smallest absolute Gasteiger partial charge is 0.199 e. The standard InChI is InChI=1S/C11H14N2O2S2/c1-8-7-10(13-11(16)12-8)17(14,15)9-5-3-2-4-6-9/h2-6,8,10H,7H2,1H3,(H2,12,13,16). The monoisotopic (exact) mass is 270 g/mol. The van der Waals surface area contributed by atoms with E-state index in [1.807, 2.05) is 6.92 Å². The Kier molecular flexibility index (Phi) is 3.35. The summed E-state index contributed by atoms with van der Waals surface area (Å²) in [7, 11) is -3.37. The van der Waals surface area contributed by atoms with E-state index >= 15 is 0 Å². The largest absolute Gasteiger partial charge is 0.360 e. The zero-order valence-electron chi connectivity index (χ0n) is 9.38. The minimum absolute atomic E-state index is 0.0623. The molecule has 4 nitrogen and oxygen atoms in total. The summed E-state index contributed by atoms with van der Waals surface area (Å²) < 4.78 is 24.7. The zero-order valence-corrected chi connectivity index (χ0v) is 11.0. The van der Waals surface area contributed by atoms with Gasteiger partial charge in [-0.25, -0.2) is 8.42 Å². The van der Waals surface area contributed by atoms with Gasteiger partial charge in [0.15, 0.2) is 14.9 Å². The van der Waals surface area contributed by atoms with E-state index in [0.29, 0.717) is 16.4 Å². The molecule has 0 spiro atoms. The minimum atomic E-state index is -3.37. The molecule has 0 radical (unpaired) electrons. The number of nitrogens with one attached hydrogen (secondary N) is 2. The highest BCUT2D eigenvalue weighted by Crippen LogP contribution is 2.19. The van der Waals surface area contributed by atoms with Crippen molar-refractivity contribution >= 4 is 27.2 Å². The average Bonchev–Trinajstić information content (AvgIpc) is 2.29. The maximum absolute atomic E-state index is 12.3. The molecule has 2 rings (SSSR count). The topological polar surface area (TPSA) is 58.2 Å². The van der Waals surface area contributed by atoms with Crippen LogP contribution < -0.4 is 10.6 Å². The molecule has 0 saturated carbocycles. The van der Waals surface area contributed by atoms with Crippen LogP contribution in [0, 0.1) is 0 Å². The highest BCUT2D eigenvalue weighted by molar-refractivity contribution is 7.92. The van der Waals surface area contributed by atoms with Gasteiger partial charge in [0.25, 0.3) is 0 Å². The molecule has 2 unspecified atom stereocenters. The van der Waals surface area contributed by atoms with E-state index < -0.39 is 15.2 Å². The van der Waals surface area contributed by atoms with Gasteiger partial charge in [0.05, 0.1) is 4.90 Å². The molecule has 1 saturated heterocycles. The van der Waals surface area contributed by atoms with Crippen LogP contribution in [0.4, 0.5) is 0 Å². The predicted molar refractivity (Wildman–Crippen MR) is 70.4 cm³/mol. The van der Waals surface area contributed by atoms with E-state index in [4.69, 9.17) is 12.2 Å². The van der Waals surface area contributed by atoms with Gasteiger partial charge < -0.3 is 10.6 Å². The predicted octanol–water partition coefficient (Wildman–Crippen LogP) is 1.04. The third kappa shape index (κ3) is 2.58. The summed E-state index contributed by atoms with van der Waals surface area (Å²) in [6.07, 6.45) is 0.497. The van der Waals surface area contributed by atoms with Gasteiger partial charge in [0, 0.05) is 12.5 Å². The summed E-state index contributed by atoms with van der Waals surface area (Å²) in [5.74, 6) is 0. The lowest BCUT2D eigenvalue weighted by molar-refractivity contribution is 0.493. The van der Waals surface area contributed by atoms with Crippen molar-refractivity contribution in [2.45, 2.75) is 29.7 Å².